The van der Waals surface area contributed by atoms with E-state index in [1.54, 1.807) is 55.6 Å². The van der Waals surface area contributed by atoms with Gasteiger partial charge in [0.2, 0.25) is 5.91 Å². The predicted octanol–water partition coefficient (Wildman–Crippen LogP) is 3.67. The summed E-state index contributed by atoms with van der Waals surface area (Å²) in [5.41, 5.74) is 1.36. The van der Waals surface area contributed by atoms with E-state index in [0.29, 0.717) is 22.7 Å². The van der Waals surface area contributed by atoms with Crippen molar-refractivity contribution in [2.45, 2.75) is 6.42 Å². The summed E-state index contributed by atoms with van der Waals surface area (Å²) in [5, 5.41) is 6.57. The van der Waals surface area contributed by atoms with Crippen LogP contribution in [-0.2, 0) is 11.2 Å². The molecule has 1 N–H and O–H groups in total. The van der Waals surface area contributed by atoms with E-state index in [4.69, 9.17) is 9.26 Å². The van der Waals surface area contributed by atoms with Gasteiger partial charge in [-0.1, -0.05) is 23.4 Å². The average molecular weight is 326 g/mol. The van der Waals surface area contributed by atoms with Crippen LogP contribution in [0.25, 0.3) is 11.3 Å². The number of benzene rings is 2. The molecule has 1 amide bonds. The van der Waals surface area contributed by atoms with Crippen molar-refractivity contribution >= 4 is 11.6 Å². The summed E-state index contributed by atoms with van der Waals surface area (Å²) in [7, 11) is 1.56. The minimum Gasteiger partial charge on any atom is -0.497 e. The number of halogens is 1. The van der Waals surface area contributed by atoms with Crippen molar-refractivity contribution in [1.29, 1.82) is 0 Å². The van der Waals surface area contributed by atoms with Crippen LogP contribution in [0.1, 0.15) is 5.69 Å². The molecule has 3 aromatic rings. The van der Waals surface area contributed by atoms with Crippen molar-refractivity contribution in [2.24, 2.45) is 0 Å². The topological polar surface area (TPSA) is 64.4 Å². The van der Waals surface area contributed by atoms with E-state index in [1.165, 1.54) is 6.07 Å². The largest absolute Gasteiger partial charge is 0.497 e. The Morgan fingerprint density at radius 1 is 1.21 bits per heavy atom. The Hall–Kier alpha value is -3.15. The number of carbonyl (C=O) groups is 1. The van der Waals surface area contributed by atoms with Gasteiger partial charge in [-0.2, -0.15) is 0 Å². The Morgan fingerprint density at radius 2 is 2.04 bits per heavy atom. The van der Waals surface area contributed by atoms with Gasteiger partial charge in [-0.25, -0.2) is 4.39 Å². The number of rotatable bonds is 5. The van der Waals surface area contributed by atoms with Crippen LogP contribution in [0.15, 0.2) is 59.1 Å². The molecule has 0 unspecified atom stereocenters. The van der Waals surface area contributed by atoms with Crippen molar-refractivity contribution in [3.05, 3.63) is 66.1 Å². The molecule has 0 aliphatic rings. The summed E-state index contributed by atoms with van der Waals surface area (Å²) in [6.45, 7) is 0. The number of ether oxygens (including phenoxy) is 1. The fraction of sp³-hybridized carbons (Fsp3) is 0.111. The second-order valence-corrected chi connectivity index (χ2v) is 5.12. The second kappa shape index (κ2) is 6.95. The van der Waals surface area contributed by atoms with Crippen LogP contribution < -0.4 is 10.1 Å². The molecule has 0 bridgehead atoms. The number of hydrogen-bond donors (Lipinski definition) is 1. The number of carbonyl (C=O) groups excluding carboxylic acids is 1. The van der Waals surface area contributed by atoms with Gasteiger partial charge in [0.25, 0.3) is 0 Å². The first kappa shape index (κ1) is 15.7. The second-order valence-electron chi connectivity index (χ2n) is 5.12. The molecule has 1 heterocycles. The monoisotopic (exact) mass is 326 g/mol. The van der Waals surface area contributed by atoms with E-state index >= 15 is 0 Å². The van der Waals surface area contributed by atoms with E-state index in [0.717, 1.165) is 0 Å². The molecule has 0 saturated carbocycles. The van der Waals surface area contributed by atoms with Crippen molar-refractivity contribution in [1.82, 2.24) is 5.16 Å². The van der Waals surface area contributed by atoms with E-state index in [9.17, 15) is 9.18 Å². The van der Waals surface area contributed by atoms with Gasteiger partial charge in [0.05, 0.1) is 24.8 Å². The molecule has 0 aliphatic heterocycles. The molecule has 5 nitrogen and oxygen atoms in total. The summed E-state index contributed by atoms with van der Waals surface area (Å²) >= 11 is 0. The lowest BCUT2D eigenvalue weighted by Gasteiger charge is -2.05. The number of amides is 1. The highest BCUT2D eigenvalue weighted by Crippen LogP contribution is 2.23. The SMILES string of the molecule is COc1cccc(NC(=O)Cc2cc(-c3ccccc3F)on2)c1. The van der Waals surface area contributed by atoms with Gasteiger partial charge in [0, 0.05) is 17.8 Å². The van der Waals surface area contributed by atoms with Crippen molar-refractivity contribution in [3.63, 3.8) is 0 Å². The van der Waals surface area contributed by atoms with Gasteiger partial charge in [-0.15, -0.1) is 0 Å². The third-order valence-electron chi connectivity index (χ3n) is 3.39. The van der Waals surface area contributed by atoms with E-state index in [-0.39, 0.29) is 18.1 Å². The number of hydrogen-bond acceptors (Lipinski definition) is 4. The number of aromatic nitrogens is 1. The third kappa shape index (κ3) is 3.60. The molecular weight excluding hydrogens is 311 g/mol. The number of anilines is 1. The Labute approximate surface area is 138 Å². The molecule has 0 radical (unpaired) electrons. The maximum Gasteiger partial charge on any atom is 0.230 e. The van der Waals surface area contributed by atoms with Crippen LogP contribution in [0.5, 0.6) is 5.75 Å². The van der Waals surface area contributed by atoms with E-state index in [1.807, 2.05) is 0 Å². The maximum absolute atomic E-state index is 13.7. The molecule has 3 rings (SSSR count). The summed E-state index contributed by atoms with van der Waals surface area (Å²) in [6, 6.07) is 14.8. The van der Waals surface area contributed by atoms with Gasteiger partial charge >= 0.3 is 0 Å². The predicted molar refractivity (Wildman–Crippen MR) is 87.2 cm³/mol. The first-order chi connectivity index (χ1) is 11.7. The fourth-order valence-electron chi connectivity index (χ4n) is 2.25. The molecule has 1 aromatic heterocycles. The summed E-state index contributed by atoms with van der Waals surface area (Å²) < 4.78 is 24.0. The zero-order chi connectivity index (χ0) is 16.9. The molecule has 0 atom stereocenters. The lowest BCUT2D eigenvalue weighted by Crippen LogP contribution is -2.14. The lowest BCUT2D eigenvalue weighted by molar-refractivity contribution is -0.115. The molecule has 24 heavy (non-hydrogen) atoms. The van der Waals surface area contributed by atoms with Crippen LogP contribution in [0, 0.1) is 5.82 Å². The number of methoxy groups -OCH3 is 1. The third-order valence-corrected chi connectivity index (χ3v) is 3.39. The van der Waals surface area contributed by atoms with E-state index < -0.39 is 5.82 Å². The zero-order valence-corrected chi connectivity index (χ0v) is 13.0. The Bertz CT molecular complexity index is 861. The Kier molecular flexibility index (Phi) is 4.56. The first-order valence-corrected chi connectivity index (χ1v) is 7.30. The number of nitrogens with zero attached hydrogens (tertiary/aromatic N) is 1. The molecule has 2 aromatic carbocycles. The van der Waals surface area contributed by atoms with Gasteiger partial charge in [0.1, 0.15) is 11.6 Å². The minimum atomic E-state index is -0.402. The molecule has 0 spiro atoms. The smallest absolute Gasteiger partial charge is 0.230 e. The summed E-state index contributed by atoms with van der Waals surface area (Å²) in [4.78, 5) is 12.1. The van der Waals surface area contributed by atoms with Gasteiger partial charge in [0.15, 0.2) is 5.76 Å². The molecule has 0 aliphatic carbocycles. The van der Waals surface area contributed by atoms with Crippen LogP contribution in [0.4, 0.5) is 10.1 Å². The highest BCUT2D eigenvalue weighted by atomic mass is 19.1. The van der Waals surface area contributed by atoms with Gasteiger partial charge in [-0.05, 0) is 24.3 Å². The van der Waals surface area contributed by atoms with Crippen molar-refractivity contribution in [2.75, 3.05) is 12.4 Å². The molecule has 0 fully saturated rings. The highest BCUT2D eigenvalue weighted by molar-refractivity contribution is 5.92. The standard InChI is InChI=1S/C18H15FN2O3/c1-23-14-6-4-5-12(9-14)20-18(22)11-13-10-17(24-21-13)15-7-2-3-8-16(15)19/h2-10H,11H2,1H3,(H,20,22). The summed E-state index contributed by atoms with van der Waals surface area (Å²) in [5.74, 6) is 0.283. The minimum absolute atomic E-state index is 0.0230. The normalized spacial score (nSPS) is 10.4. The maximum atomic E-state index is 13.7. The highest BCUT2D eigenvalue weighted by Gasteiger charge is 2.13. The summed E-state index contributed by atoms with van der Waals surface area (Å²) in [6.07, 6.45) is 0.0230. The zero-order valence-electron chi connectivity index (χ0n) is 13.0. The lowest BCUT2D eigenvalue weighted by atomic mass is 10.1. The van der Waals surface area contributed by atoms with Gasteiger partial charge in [-0.3, -0.25) is 4.79 Å². The fourth-order valence-corrected chi connectivity index (χ4v) is 2.25. The molecule has 0 saturated heterocycles. The van der Waals surface area contributed by atoms with Crippen molar-refractivity contribution < 1.29 is 18.4 Å². The van der Waals surface area contributed by atoms with E-state index in [2.05, 4.69) is 10.5 Å². The first-order valence-electron chi connectivity index (χ1n) is 7.30. The van der Waals surface area contributed by atoms with Crippen LogP contribution in [0.3, 0.4) is 0 Å². The average Bonchev–Trinajstić information content (AvgIpc) is 3.03. The Balaban J connectivity index is 1.68. The number of nitrogens with one attached hydrogen (secondary N) is 1. The molecule has 6 heteroatoms. The van der Waals surface area contributed by atoms with Crippen LogP contribution >= 0.6 is 0 Å². The van der Waals surface area contributed by atoms with Crippen molar-refractivity contribution in [3.8, 4) is 17.1 Å². The van der Waals surface area contributed by atoms with Crippen LogP contribution in [0.2, 0.25) is 0 Å². The quantitative estimate of drug-likeness (QED) is 0.777. The van der Waals surface area contributed by atoms with Crippen LogP contribution in [-0.4, -0.2) is 18.2 Å². The van der Waals surface area contributed by atoms with Gasteiger partial charge < -0.3 is 14.6 Å². The Morgan fingerprint density at radius 3 is 2.83 bits per heavy atom. The molecular formula is C18H15FN2O3. The molecule has 122 valence electrons.